The van der Waals surface area contributed by atoms with Gasteiger partial charge in [-0.15, -0.1) is 0 Å². The molecule has 6 nitrogen and oxygen atoms in total. The molecule has 2 amide bonds. The van der Waals surface area contributed by atoms with Gasteiger partial charge in [0.05, 0.1) is 29.6 Å². The zero-order chi connectivity index (χ0) is 17.9. The third-order valence-electron chi connectivity index (χ3n) is 3.56. The van der Waals surface area contributed by atoms with E-state index in [4.69, 9.17) is 5.11 Å². The van der Waals surface area contributed by atoms with Crippen LogP contribution in [0.15, 0.2) is 36.7 Å². The molecule has 1 unspecified atom stereocenters. The Kier molecular flexibility index (Phi) is 5.13. The van der Waals surface area contributed by atoms with Crippen LogP contribution in [0.4, 0.5) is 23.7 Å². The molecular formula is C15H17F3N4O2. The number of aliphatic hydroxyl groups is 1. The van der Waals surface area contributed by atoms with Crippen LogP contribution in [0.2, 0.25) is 0 Å². The summed E-state index contributed by atoms with van der Waals surface area (Å²) in [4.78, 5) is 13.4. The second-order valence-corrected chi connectivity index (χ2v) is 5.25. The lowest BCUT2D eigenvalue weighted by atomic mass is 10.1. The highest BCUT2D eigenvalue weighted by atomic mass is 19.4. The first kappa shape index (κ1) is 17.8. The Hall–Kier alpha value is -2.55. The van der Waals surface area contributed by atoms with E-state index in [0.717, 1.165) is 12.1 Å². The molecule has 1 heterocycles. The molecule has 1 atom stereocenters. The molecule has 0 radical (unpaired) electrons. The number of likely N-dealkylation sites (N-methyl/N-ethyl adjacent to an activating group) is 1. The number of carbonyl (C=O) groups excluding carboxylic acids is 1. The van der Waals surface area contributed by atoms with Gasteiger partial charge in [0, 0.05) is 19.4 Å². The third-order valence-corrected chi connectivity index (χ3v) is 3.56. The van der Waals surface area contributed by atoms with Gasteiger partial charge in [0.15, 0.2) is 0 Å². The van der Waals surface area contributed by atoms with Gasteiger partial charge in [0.1, 0.15) is 0 Å². The molecule has 0 fully saturated rings. The summed E-state index contributed by atoms with van der Waals surface area (Å²) in [7, 11) is 1.44. The molecule has 24 heavy (non-hydrogen) atoms. The number of carbonyl (C=O) groups is 1. The van der Waals surface area contributed by atoms with Crippen molar-refractivity contribution < 1.29 is 23.1 Å². The van der Waals surface area contributed by atoms with Gasteiger partial charge in [0.2, 0.25) is 0 Å². The SMILES string of the molecule is CC(CO)N(C)C(=O)Nc1cc(C(F)(F)F)ccc1-n1cccn1. The molecule has 9 heteroatoms. The Morgan fingerprint density at radius 2 is 2.17 bits per heavy atom. The van der Waals surface area contributed by atoms with E-state index < -0.39 is 23.8 Å². The average Bonchev–Trinajstić information content (AvgIpc) is 3.06. The van der Waals surface area contributed by atoms with Gasteiger partial charge in [-0.25, -0.2) is 9.48 Å². The van der Waals surface area contributed by atoms with Crippen molar-refractivity contribution >= 4 is 11.7 Å². The third kappa shape index (κ3) is 3.85. The maximum absolute atomic E-state index is 12.9. The molecule has 0 saturated heterocycles. The summed E-state index contributed by atoms with van der Waals surface area (Å²) in [6, 6.07) is 3.51. The zero-order valence-corrected chi connectivity index (χ0v) is 13.1. The van der Waals surface area contributed by atoms with Crippen LogP contribution in [-0.2, 0) is 6.18 Å². The van der Waals surface area contributed by atoms with Crippen molar-refractivity contribution in [3.05, 3.63) is 42.2 Å². The van der Waals surface area contributed by atoms with Crippen LogP contribution in [0.25, 0.3) is 5.69 Å². The van der Waals surface area contributed by atoms with Gasteiger partial charge in [0.25, 0.3) is 0 Å². The van der Waals surface area contributed by atoms with Crippen LogP contribution in [0.5, 0.6) is 0 Å². The van der Waals surface area contributed by atoms with Crippen LogP contribution >= 0.6 is 0 Å². The Balaban J connectivity index is 2.39. The van der Waals surface area contributed by atoms with Crippen molar-refractivity contribution in [3.63, 3.8) is 0 Å². The van der Waals surface area contributed by atoms with E-state index in [-0.39, 0.29) is 12.3 Å². The summed E-state index contributed by atoms with van der Waals surface area (Å²) < 4.78 is 40.2. The molecule has 0 saturated carbocycles. The van der Waals surface area contributed by atoms with Crippen molar-refractivity contribution in [1.29, 1.82) is 0 Å². The Labute approximate surface area is 136 Å². The molecule has 130 valence electrons. The fourth-order valence-corrected chi connectivity index (χ4v) is 1.95. The van der Waals surface area contributed by atoms with Crippen LogP contribution in [0.1, 0.15) is 12.5 Å². The van der Waals surface area contributed by atoms with Crippen LogP contribution in [-0.4, -0.2) is 45.5 Å². The van der Waals surface area contributed by atoms with Gasteiger partial charge in [-0.3, -0.25) is 0 Å². The summed E-state index contributed by atoms with van der Waals surface area (Å²) >= 11 is 0. The summed E-state index contributed by atoms with van der Waals surface area (Å²) in [5, 5.41) is 15.5. The lowest BCUT2D eigenvalue weighted by molar-refractivity contribution is -0.137. The number of nitrogens with one attached hydrogen (secondary N) is 1. The molecule has 0 aliphatic heterocycles. The molecule has 1 aromatic carbocycles. The lowest BCUT2D eigenvalue weighted by Gasteiger charge is -2.24. The average molecular weight is 342 g/mol. The highest BCUT2D eigenvalue weighted by Crippen LogP contribution is 2.33. The molecule has 1 aromatic heterocycles. The van der Waals surface area contributed by atoms with Crippen molar-refractivity contribution in [2.75, 3.05) is 19.0 Å². The maximum Gasteiger partial charge on any atom is 0.416 e. The number of aliphatic hydroxyl groups excluding tert-OH is 1. The minimum absolute atomic E-state index is 0.0319. The van der Waals surface area contributed by atoms with E-state index in [9.17, 15) is 18.0 Å². The summed E-state index contributed by atoms with van der Waals surface area (Å²) in [5.74, 6) is 0. The topological polar surface area (TPSA) is 70.4 Å². The van der Waals surface area contributed by atoms with Crippen LogP contribution in [0.3, 0.4) is 0 Å². The van der Waals surface area contributed by atoms with E-state index >= 15 is 0 Å². The van der Waals surface area contributed by atoms with Gasteiger partial charge in [-0.05, 0) is 31.2 Å². The summed E-state index contributed by atoms with van der Waals surface area (Å²) in [6.45, 7) is 1.35. The minimum Gasteiger partial charge on any atom is -0.394 e. The second-order valence-electron chi connectivity index (χ2n) is 5.25. The standard InChI is InChI=1S/C15H17F3N4O2/c1-10(9-23)21(2)14(24)20-12-8-11(15(16,17)18)4-5-13(12)22-7-3-6-19-22/h3-8,10,23H,9H2,1-2H3,(H,20,24). The number of hydrogen-bond acceptors (Lipinski definition) is 3. The van der Waals surface area contributed by atoms with Crippen LogP contribution < -0.4 is 5.32 Å². The molecule has 2 N–H and O–H groups in total. The number of alkyl halides is 3. The van der Waals surface area contributed by atoms with Gasteiger partial charge in [-0.2, -0.15) is 18.3 Å². The number of anilines is 1. The normalized spacial score (nSPS) is 12.8. The largest absolute Gasteiger partial charge is 0.416 e. The van der Waals surface area contributed by atoms with Gasteiger partial charge in [-0.1, -0.05) is 0 Å². The molecular weight excluding hydrogens is 325 g/mol. The Morgan fingerprint density at radius 1 is 1.46 bits per heavy atom. The molecule has 0 aliphatic carbocycles. The first-order valence-electron chi connectivity index (χ1n) is 7.10. The van der Waals surface area contributed by atoms with E-state index in [1.807, 2.05) is 0 Å². The minimum atomic E-state index is -4.54. The zero-order valence-electron chi connectivity index (χ0n) is 13.1. The van der Waals surface area contributed by atoms with E-state index in [2.05, 4.69) is 10.4 Å². The highest BCUT2D eigenvalue weighted by molar-refractivity contribution is 5.91. The fraction of sp³-hybridized carbons (Fsp3) is 0.333. The number of amides is 2. The lowest BCUT2D eigenvalue weighted by Crippen LogP contribution is -2.40. The number of nitrogens with zero attached hydrogens (tertiary/aromatic N) is 3. The molecule has 2 aromatic rings. The first-order valence-corrected chi connectivity index (χ1v) is 7.10. The molecule has 2 rings (SSSR count). The molecule has 0 spiro atoms. The summed E-state index contributed by atoms with van der Waals surface area (Å²) in [6.07, 6.45) is -1.51. The number of rotatable bonds is 4. The van der Waals surface area contributed by atoms with E-state index in [1.165, 1.54) is 28.9 Å². The second kappa shape index (κ2) is 6.91. The van der Waals surface area contributed by atoms with E-state index in [0.29, 0.717) is 5.69 Å². The van der Waals surface area contributed by atoms with Crippen LogP contribution in [0, 0.1) is 0 Å². The molecule has 0 aliphatic rings. The van der Waals surface area contributed by atoms with Crippen molar-refractivity contribution in [2.24, 2.45) is 0 Å². The van der Waals surface area contributed by atoms with Gasteiger partial charge < -0.3 is 15.3 Å². The van der Waals surface area contributed by atoms with Crippen molar-refractivity contribution in [2.45, 2.75) is 19.1 Å². The smallest absolute Gasteiger partial charge is 0.394 e. The first-order chi connectivity index (χ1) is 11.2. The van der Waals surface area contributed by atoms with Crippen molar-refractivity contribution in [1.82, 2.24) is 14.7 Å². The van der Waals surface area contributed by atoms with Gasteiger partial charge >= 0.3 is 12.2 Å². The number of halogens is 3. The quantitative estimate of drug-likeness (QED) is 0.898. The Bertz CT molecular complexity index is 701. The predicted octanol–water partition coefficient (Wildman–Crippen LogP) is 2.74. The fourth-order valence-electron chi connectivity index (χ4n) is 1.95. The number of aromatic nitrogens is 2. The number of hydrogen-bond donors (Lipinski definition) is 2. The Morgan fingerprint density at radius 3 is 2.71 bits per heavy atom. The molecule has 0 bridgehead atoms. The maximum atomic E-state index is 12.9. The number of urea groups is 1. The predicted molar refractivity (Wildman–Crippen MR) is 81.9 cm³/mol. The highest BCUT2D eigenvalue weighted by Gasteiger charge is 2.31. The van der Waals surface area contributed by atoms with E-state index in [1.54, 1.807) is 19.2 Å². The monoisotopic (exact) mass is 342 g/mol. The number of benzene rings is 1. The van der Waals surface area contributed by atoms with Crippen molar-refractivity contribution in [3.8, 4) is 5.69 Å². The summed E-state index contributed by atoms with van der Waals surface area (Å²) in [5.41, 5.74) is -0.617.